The maximum atomic E-state index is 4.95. The fraction of sp³-hybridized carbons (Fsp3) is 0.577. The highest BCUT2D eigenvalue weighted by Gasteiger charge is 2.33. The molecule has 1 aromatic carbocycles. The van der Waals surface area contributed by atoms with E-state index in [0.717, 1.165) is 11.6 Å². The average molecular weight is 364 g/mol. The number of hydrogen-bond acceptors (Lipinski definition) is 1. The van der Waals surface area contributed by atoms with Gasteiger partial charge < -0.3 is 0 Å². The van der Waals surface area contributed by atoms with Crippen molar-refractivity contribution in [1.29, 1.82) is 0 Å². The van der Waals surface area contributed by atoms with Gasteiger partial charge in [0.05, 0.1) is 5.69 Å². The summed E-state index contributed by atoms with van der Waals surface area (Å²) in [5.74, 6) is 1.36. The maximum absolute atomic E-state index is 4.95. The lowest BCUT2D eigenvalue weighted by atomic mass is 9.67. The molecule has 0 atom stereocenters. The average Bonchev–Trinajstić information content (AvgIpc) is 2.69. The normalized spacial score (nSPS) is 16.7. The van der Waals surface area contributed by atoms with Crippen molar-refractivity contribution in [3.05, 3.63) is 65.0 Å². The molecule has 0 aliphatic heterocycles. The third-order valence-electron chi connectivity index (χ3n) is 7.07. The van der Waals surface area contributed by atoms with E-state index in [4.69, 9.17) is 4.98 Å². The van der Waals surface area contributed by atoms with Crippen LogP contribution in [-0.2, 0) is 10.8 Å². The van der Waals surface area contributed by atoms with Crippen molar-refractivity contribution in [3.8, 4) is 0 Å². The molecule has 0 unspecified atom stereocenters. The van der Waals surface area contributed by atoms with Crippen molar-refractivity contribution in [1.82, 2.24) is 4.98 Å². The third-order valence-corrected chi connectivity index (χ3v) is 7.07. The summed E-state index contributed by atoms with van der Waals surface area (Å²) in [5.41, 5.74) is 5.41. The molecule has 0 bridgehead atoms. The minimum Gasteiger partial charge on any atom is -0.260 e. The third kappa shape index (κ3) is 4.13. The molecule has 1 aromatic heterocycles. The van der Waals surface area contributed by atoms with Crippen molar-refractivity contribution >= 4 is 0 Å². The Bertz CT molecular complexity index is 729. The zero-order valence-corrected chi connectivity index (χ0v) is 18.2. The monoisotopic (exact) mass is 363 g/mol. The first-order chi connectivity index (χ1) is 12.7. The van der Waals surface area contributed by atoms with E-state index in [2.05, 4.69) is 84.1 Å². The number of nitrogens with zero attached hydrogens (tertiary/aromatic N) is 1. The highest BCUT2D eigenvalue weighted by atomic mass is 14.7. The van der Waals surface area contributed by atoms with Gasteiger partial charge in [-0.3, -0.25) is 4.98 Å². The minimum absolute atomic E-state index is 0.0803. The van der Waals surface area contributed by atoms with E-state index in [9.17, 15) is 0 Å². The fourth-order valence-electron chi connectivity index (χ4n) is 4.64. The first kappa shape index (κ1) is 20.1. The number of hydrogen-bond donors (Lipinski definition) is 0. The van der Waals surface area contributed by atoms with Crippen LogP contribution in [0.1, 0.15) is 102 Å². The van der Waals surface area contributed by atoms with Gasteiger partial charge in [0, 0.05) is 11.6 Å². The van der Waals surface area contributed by atoms with Crippen LogP contribution in [0.4, 0.5) is 0 Å². The van der Waals surface area contributed by atoms with Crippen LogP contribution in [-0.4, -0.2) is 4.98 Å². The molecule has 0 N–H and O–H groups in total. The molecule has 0 saturated heterocycles. The fourth-order valence-corrected chi connectivity index (χ4v) is 4.64. The molecule has 2 aromatic rings. The van der Waals surface area contributed by atoms with Gasteiger partial charge in [-0.05, 0) is 52.8 Å². The van der Waals surface area contributed by atoms with E-state index in [0.29, 0.717) is 5.92 Å². The van der Waals surface area contributed by atoms with Crippen molar-refractivity contribution in [3.63, 3.8) is 0 Å². The molecule has 1 aliphatic rings. The summed E-state index contributed by atoms with van der Waals surface area (Å²) in [4.78, 5) is 4.95. The Morgan fingerprint density at radius 1 is 0.815 bits per heavy atom. The van der Waals surface area contributed by atoms with Crippen LogP contribution in [0.2, 0.25) is 0 Å². The molecule has 1 heteroatoms. The van der Waals surface area contributed by atoms with Crippen LogP contribution in [0, 0.1) is 5.92 Å². The Hall–Kier alpha value is -1.63. The van der Waals surface area contributed by atoms with E-state index >= 15 is 0 Å². The molecular formula is C26H37N. The lowest BCUT2D eigenvalue weighted by Gasteiger charge is -2.37. The highest BCUT2D eigenvalue weighted by Crippen LogP contribution is 2.41. The van der Waals surface area contributed by atoms with Crippen LogP contribution >= 0.6 is 0 Å². The molecule has 1 saturated carbocycles. The smallest absolute Gasteiger partial charge is 0.0503 e. The molecule has 27 heavy (non-hydrogen) atoms. The lowest BCUT2D eigenvalue weighted by molar-refractivity contribution is 0.235. The summed E-state index contributed by atoms with van der Waals surface area (Å²) in [6.07, 6.45) is 9.06. The molecule has 0 amide bonds. The molecule has 146 valence electrons. The summed E-state index contributed by atoms with van der Waals surface area (Å²) in [5, 5.41) is 0. The Morgan fingerprint density at radius 3 is 1.93 bits per heavy atom. The Morgan fingerprint density at radius 2 is 1.41 bits per heavy atom. The van der Waals surface area contributed by atoms with Gasteiger partial charge in [-0.25, -0.2) is 0 Å². The Balaban J connectivity index is 1.83. The summed E-state index contributed by atoms with van der Waals surface area (Å²) in [6, 6.07) is 13.7. The van der Waals surface area contributed by atoms with Gasteiger partial charge in [0.25, 0.3) is 0 Å². The highest BCUT2D eigenvalue weighted by molar-refractivity contribution is 5.37. The van der Waals surface area contributed by atoms with Gasteiger partial charge in [0.2, 0.25) is 0 Å². The summed E-state index contributed by atoms with van der Waals surface area (Å²) >= 11 is 0. The predicted molar refractivity (Wildman–Crippen MR) is 116 cm³/mol. The van der Waals surface area contributed by atoms with E-state index in [1.165, 1.54) is 48.8 Å². The second-order valence-corrected chi connectivity index (χ2v) is 9.89. The zero-order valence-electron chi connectivity index (χ0n) is 18.2. The second kappa shape index (κ2) is 7.78. The molecule has 1 heterocycles. The van der Waals surface area contributed by atoms with Gasteiger partial charge >= 0.3 is 0 Å². The van der Waals surface area contributed by atoms with Crippen molar-refractivity contribution < 1.29 is 0 Å². The summed E-state index contributed by atoms with van der Waals surface area (Å²) in [6.45, 7) is 13.9. The van der Waals surface area contributed by atoms with Crippen LogP contribution in [0.15, 0.2) is 42.6 Å². The van der Waals surface area contributed by atoms with Gasteiger partial charge in [-0.2, -0.15) is 0 Å². The van der Waals surface area contributed by atoms with Crippen LogP contribution in [0.25, 0.3) is 0 Å². The van der Waals surface area contributed by atoms with Crippen molar-refractivity contribution in [2.45, 2.75) is 90.4 Å². The van der Waals surface area contributed by atoms with E-state index < -0.39 is 0 Å². The molecule has 1 aliphatic carbocycles. The molecule has 1 fully saturated rings. The number of aromatic nitrogens is 1. The number of rotatable bonds is 5. The molecule has 0 spiro atoms. The van der Waals surface area contributed by atoms with E-state index in [1.54, 1.807) is 0 Å². The first-order valence-electron chi connectivity index (χ1n) is 10.8. The van der Waals surface area contributed by atoms with Gasteiger partial charge in [-0.1, -0.05) is 91.1 Å². The minimum atomic E-state index is -0.0803. The van der Waals surface area contributed by atoms with Gasteiger partial charge in [-0.15, -0.1) is 0 Å². The quantitative estimate of drug-likeness (QED) is 0.539. The SMILES string of the molecule is CC(C)c1ccc(C(C)(C)c2ccc(C(C)(C)C3CCCCC3)cn2)cc1. The van der Waals surface area contributed by atoms with Crippen LogP contribution in [0.3, 0.4) is 0 Å². The lowest BCUT2D eigenvalue weighted by Crippen LogP contribution is -2.31. The second-order valence-electron chi connectivity index (χ2n) is 9.89. The van der Waals surface area contributed by atoms with Crippen LogP contribution in [0.5, 0.6) is 0 Å². The molecule has 1 nitrogen and oxygen atoms in total. The van der Waals surface area contributed by atoms with Gasteiger partial charge in [0.15, 0.2) is 0 Å². The molecule has 0 radical (unpaired) electrons. The van der Waals surface area contributed by atoms with E-state index in [-0.39, 0.29) is 10.8 Å². The standard InChI is InChI=1S/C26H37N/c1-19(2)20-12-14-22(15-13-20)26(5,6)24-17-16-23(18-27-24)25(3,4)21-10-8-7-9-11-21/h12-19,21H,7-11H2,1-6H3. The Labute approximate surface area is 166 Å². The topological polar surface area (TPSA) is 12.9 Å². The summed E-state index contributed by atoms with van der Waals surface area (Å²) < 4.78 is 0. The largest absolute Gasteiger partial charge is 0.260 e. The van der Waals surface area contributed by atoms with E-state index in [1.807, 2.05) is 0 Å². The van der Waals surface area contributed by atoms with Crippen molar-refractivity contribution in [2.24, 2.45) is 5.92 Å². The number of pyridine rings is 1. The maximum Gasteiger partial charge on any atom is 0.0503 e. The van der Waals surface area contributed by atoms with Crippen LogP contribution < -0.4 is 0 Å². The zero-order chi connectivity index (χ0) is 19.7. The Kier molecular flexibility index (Phi) is 5.79. The molecular weight excluding hydrogens is 326 g/mol. The van der Waals surface area contributed by atoms with Crippen molar-refractivity contribution in [2.75, 3.05) is 0 Å². The predicted octanol–water partition coefficient (Wildman–Crippen LogP) is 7.39. The summed E-state index contributed by atoms with van der Waals surface area (Å²) in [7, 11) is 0. The van der Waals surface area contributed by atoms with Gasteiger partial charge in [0.1, 0.15) is 0 Å². The number of benzene rings is 1. The first-order valence-corrected chi connectivity index (χ1v) is 10.8. The molecule has 3 rings (SSSR count).